The van der Waals surface area contributed by atoms with Gasteiger partial charge in [-0.25, -0.2) is 18.0 Å². The molecule has 0 saturated carbocycles. The number of halogens is 1. The largest absolute Gasteiger partial charge is 0.466 e. The summed E-state index contributed by atoms with van der Waals surface area (Å²) in [5, 5.41) is 5.53. The van der Waals surface area contributed by atoms with Crippen molar-refractivity contribution in [3.63, 3.8) is 0 Å². The van der Waals surface area contributed by atoms with Crippen molar-refractivity contribution in [1.29, 1.82) is 0 Å². The lowest BCUT2D eigenvalue weighted by molar-refractivity contribution is -0.136. The van der Waals surface area contributed by atoms with E-state index in [9.17, 15) is 18.0 Å². The van der Waals surface area contributed by atoms with Gasteiger partial charge in [-0.3, -0.25) is 0 Å². The highest BCUT2D eigenvalue weighted by atomic mass is 35.5. The van der Waals surface area contributed by atoms with Gasteiger partial charge >= 0.3 is 12.0 Å². The summed E-state index contributed by atoms with van der Waals surface area (Å²) in [6.45, 7) is 4.17. The molecule has 2 aromatic carbocycles. The molecule has 1 aliphatic rings. The van der Waals surface area contributed by atoms with Crippen molar-refractivity contribution in [3.05, 3.63) is 76.0 Å². The Morgan fingerprint density at radius 3 is 2.44 bits per heavy atom. The third kappa shape index (κ3) is 5.49. The van der Waals surface area contributed by atoms with Gasteiger partial charge in [-0.1, -0.05) is 49.7 Å². The van der Waals surface area contributed by atoms with Gasteiger partial charge in [-0.15, -0.1) is 0 Å². The van der Waals surface area contributed by atoms with E-state index in [0.29, 0.717) is 16.5 Å². The number of rotatable bonds is 7. The van der Waals surface area contributed by atoms with Crippen LogP contribution in [0.5, 0.6) is 0 Å². The van der Waals surface area contributed by atoms with Crippen LogP contribution in [0.15, 0.2) is 64.7 Å². The van der Waals surface area contributed by atoms with Crippen molar-refractivity contribution < 1.29 is 22.7 Å². The zero-order valence-corrected chi connectivity index (χ0v) is 19.6. The van der Waals surface area contributed by atoms with E-state index < -0.39 is 33.6 Å². The molecule has 0 aromatic heterocycles. The molecule has 2 N–H and O–H groups in total. The predicted octanol–water partition coefficient (Wildman–Crippen LogP) is 3.79. The first kappa shape index (κ1) is 23.8. The van der Waals surface area contributed by atoms with Crippen LogP contribution in [0.25, 0.3) is 0 Å². The number of hydrogen-bond donors (Lipinski definition) is 2. The minimum Gasteiger partial charge on any atom is -0.466 e. The van der Waals surface area contributed by atoms with Gasteiger partial charge in [0.2, 0.25) is 0 Å². The smallest absolute Gasteiger partial charge is 0.338 e. The van der Waals surface area contributed by atoms with E-state index in [-0.39, 0.29) is 16.2 Å². The summed E-state index contributed by atoms with van der Waals surface area (Å²) in [6, 6.07) is 11.7. The number of amides is 2. The van der Waals surface area contributed by atoms with Gasteiger partial charge < -0.3 is 15.4 Å². The number of methoxy groups -OCH3 is 1. The molecule has 2 amide bonds. The standard InChI is InChI=1S/C23H25ClN2O5S/c1-14(2)11-15-7-9-18(10-8-15)32(29,30)13-19-20(22(27)31-3)21(26-23(28)25-19)16-5-4-6-17(24)12-16/h4-10,12,14,21H,11,13H2,1-3H3,(H2,25,26,28)/t21-/m0/s1. The Bertz CT molecular complexity index is 1160. The van der Waals surface area contributed by atoms with Crippen molar-refractivity contribution in [3.8, 4) is 0 Å². The van der Waals surface area contributed by atoms with Gasteiger partial charge in [0.05, 0.1) is 29.4 Å². The maximum Gasteiger partial charge on any atom is 0.338 e. The number of sulfone groups is 1. The van der Waals surface area contributed by atoms with Crippen LogP contribution in [0.2, 0.25) is 5.02 Å². The number of carbonyl (C=O) groups excluding carboxylic acids is 2. The average Bonchev–Trinajstić information content (AvgIpc) is 2.72. The number of carbonyl (C=O) groups is 2. The highest BCUT2D eigenvalue weighted by Gasteiger charge is 2.35. The van der Waals surface area contributed by atoms with E-state index in [2.05, 4.69) is 24.5 Å². The van der Waals surface area contributed by atoms with Gasteiger partial charge in [0.25, 0.3) is 0 Å². The molecule has 0 saturated heterocycles. The highest BCUT2D eigenvalue weighted by molar-refractivity contribution is 7.91. The molecule has 0 radical (unpaired) electrons. The van der Waals surface area contributed by atoms with Gasteiger partial charge in [0.1, 0.15) is 0 Å². The second-order valence-electron chi connectivity index (χ2n) is 7.97. The molecule has 0 spiro atoms. The number of urea groups is 1. The van der Waals surface area contributed by atoms with E-state index >= 15 is 0 Å². The molecule has 0 fully saturated rings. The maximum absolute atomic E-state index is 13.1. The zero-order valence-electron chi connectivity index (χ0n) is 18.0. The van der Waals surface area contributed by atoms with Crippen LogP contribution < -0.4 is 10.6 Å². The molecular weight excluding hydrogens is 452 g/mol. The lowest BCUT2D eigenvalue weighted by Gasteiger charge is -2.29. The second-order valence-corrected chi connectivity index (χ2v) is 10.4. The normalized spacial score (nSPS) is 16.5. The first-order valence-electron chi connectivity index (χ1n) is 10.1. The molecule has 0 bridgehead atoms. The monoisotopic (exact) mass is 476 g/mol. The van der Waals surface area contributed by atoms with Crippen LogP contribution >= 0.6 is 11.6 Å². The van der Waals surface area contributed by atoms with Gasteiger partial charge in [0.15, 0.2) is 9.84 Å². The van der Waals surface area contributed by atoms with Crippen molar-refractivity contribution >= 4 is 33.4 Å². The van der Waals surface area contributed by atoms with Crippen molar-refractivity contribution in [1.82, 2.24) is 10.6 Å². The lowest BCUT2D eigenvalue weighted by Crippen LogP contribution is -2.47. The average molecular weight is 477 g/mol. The topological polar surface area (TPSA) is 102 Å². The molecule has 0 aliphatic carbocycles. The quantitative estimate of drug-likeness (QED) is 0.592. The van der Waals surface area contributed by atoms with E-state index in [4.69, 9.17) is 16.3 Å². The molecule has 1 heterocycles. The van der Waals surface area contributed by atoms with Crippen LogP contribution in [0.1, 0.15) is 31.0 Å². The Labute approximate surface area is 192 Å². The lowest BCUT2D eigenvalue weighted by atomic mass is 9.95. The van der Waals surface area contributed by atoms with Crippen molar-refractivity contribution in [2.24, 2.45) is 5.92 Å². The third-order valence-electron chi connectivity index (χ3n) is 5.00. The highest BCUT2D eigenvalue weighted by Crippen LogP contribution is 2.30. The Hall–Kier alpha value is -2.84. The Kier molecular flexibility index (Phi) is 7.26. The van der Waals surface area contributed by atoms with E-state index in [1.54, 1.807) is 48.5 Å². The molecular formula is C23H25ClN2O5S. The molecule has 1 aliphatic heterocycles. The first-order chi connectivity index (χ1) is 15.1. The molecule has 7 nitrogen and oxygen atoms in total. The van der Waals surface area contributed by atoms with Crippen molar-refractivity contribution in [2.75, 3.05) is 12.9 Å². The SMILES string of the molecule is COC(=O)C1=C(CS(=O)(=O)c2ccc(CC(C)C)cc2)NC(=O)N[C@H]1c1cccc(Cl)c1. The number of hydrogen-bond acceptors (Lipinski definition) is 5. The number of benzene rings is 2. The van der Waals surface area contributed by atoms with Crippen LogP contribution in [0.4, 0.5) is 4.79 Å². The minimum absolute atomic E-state index is 0.00868. The van der Waals surface area contributed by atoms with Crippen molar-refractivity contribution in [2.45, 2.75) is 31.2 Å². The summed E-state index contributed by atoms with van der Waals surface area (Å²) in [5.74, 6) is -0.871. The third-order valence-corrected chi connectivity index (χ3v) is 6.90. The van der Waals surface area contributed by atoms with Gasteiger partial charge in [0, 0.05) is 10.7 Å². The van der Waals surface area contributed by atoms with Crippen LogP contribution in [0.3, 0.4) is 0 Å². The second kappa shape index (κ2) is 9.75. The van der Waals surface area contributed by atoms with Crippen LogP contribution in [-0.2, 0) is 25.8 Å². The fourth-order valence-corrected chi connectivity index (χ4v) is 5.12. The predicted molar refractivity (Wildman–Crippen MR) is 122 cm³/mol. The minimum atomic E-state index is -3.85. The molecule has 2 aromatic rings. The number of esters is 1. The summed E-state index contributed by atoms with van der Waals surface area (Å²) in [6.07, 6.45) is 0.834. The summed E-state index contributed by atoms with van der Waals surface area (Å²) in [5.41, 5.74) is 1.54. The summed E-state index contributed by atoms with van der Waals surface area (Å²) < 4.78 is 31.1. The number of ether oxygens (including phenoxy) is 1. The molecule has 170 valence electrons. The van der Waals surface area contributed by atoms with Crippen LogP contribution in [-0.4, -0.2) is 33.3 Å². The Morgan fingerprint density at radius 1 is 1.16 bits per heavy atom. The summed E-state index contributed by atoms with van der Waals surface area (Å²) >= 11 is 6.07. The molecule has 9 heteroatoms. The molecule has 0 unspecified atom stereocenters. The first-order valence-corrected chi connectivity index (χ1v) is 12.1. The molecule has 32 heavy (non-hydrogen) atoms. The zero-order chi connectivity index (χ0) is 23.5. The molecule has 1 atom stereocenters. The van der Waals surface area contributed by atoms with E-state index in [1.807, 2.05) is 0 Å². The van der Waals surface area contributed by atoms with Gasteiger partial charge in [-0.05, 0) is 47.7 Å². The number of nitrogens with one attached hydrogen (secondary N) is 2. The van der Waals surface area contributed by atoms with E-state index in [1.165, 1.54) is 7.11 Å². The summed E-state index contributed by atoms with van der Waals surface area (Å²) in [4.78, 5) is 25.1. The van der Waals surface area contributed by atoms with Gasteiger partial charge in [-0.2, -0.15) is 0 Å². The fraction of sp³-hybridized carbons (Fsp3) is 0.304. The maximum atomic E-state index is 13.1. The van der Waals surface area contributed by atoms with E-state index in [0.717, 1.165) is 12.0 Å². The van der Waals surface area contributed by atoms with Crippen LogP contribution in [0, 0.1) is 5.92 Å². The molecule has 3 rings (SSSR count). The Balaban J connectivity index is 2.01. The Morgan fingerprint density at radius 2 is 1.84 bits per heavy atom. The fourth-order valence-electron chi connectivity index (χ4n) is 3.60. The summed E-state index contributed by atoms with van der Waals surface area (Å²) in [7, 11) is -2.66.